The van der Waals surface area contributed by atoms with E-state index in [0.29, 0.717) is 15.9 Å². The van der Waals surface area contributed by atoms with E-state index in [1.165, 1.54) is 11.8 Å². The molecule has 6 heteroatoms. The molecule has 0 saturated carbocycles. The van der Waals surface area contributed by atoms with Gasteiger partial charge in [-0.2, -0.15) is 0 Å². The molecule has 1 aliphatic rings. The molecule has 0 atom stereocenters. The normalized spacial score (nSPS) is 16.2. The zero-order chi connectivity index (χ0) is 16.2. The van der Waals surface area contributed by atoms with Crippen LogP contribution in [0.25, 0.3) is 6.08 Å². The second-order valence-corrected chi connectivity index (χ2v) is 7.46. The van der Waals surface area contributed by atoms with Gasteiger partial charge in [0.25, 0.3) is 5.91 Å². The fourth-order valence-electron chi connectivity index (χ4n) is 2.11. The summed E-state index contributed by atoms with van der Waals surface area (Å²) in [7, 11) is 0. The Labute approximate surface area is 152 Å². The number of halogens is 1. The monoisotopic (exact) mass is 404 g/mol. The molecular weight excluding hydrogens is 392 g/mol. The van der Waals surface area contributed by atoms with Gasteiger partial charge in [0.05, 0.1) is 11.6 Å². The third-order valence-electron chi connectivity index (χ3n) is 3.24. The molecular formula is C17H13BrN2OS2. The van der Waals surface area contributed by atoms with Gasteiger partial charge in [0, 0.05) is 10.2 Å². The highest BCUT2D eigenvalue weighted by Gasteiger charge is 2.31. The number of thioether (sulfide) groups is 1. The summed E-state index contributed by atoms with van der Waals surface area (Å²) < 4.78 is 1.55. The number of carbonyl (C=O) groups is 1. The molecule has 1 aliphatic heterocycles. The van der Waals surface area contributed by atoms with Crippen LogP contribution >= 0.6 is 39.9 Å². The van der Waals surface area contributed by atoms with E-state index in [-0.39, 0.29) is 5.91 Å². The molecule has 0 aliphatic carbocycles. The van der Waals surface area contributed by atoms with Crippen LogP contribution in [0.5, 0.6) is 0 Å². The lowest BCUT2D eigenvalue weighted by molar-refractivity contribution is -0.121. The van der Waals surface area contributed by atoms with Gasteiger partial charge in [-0.05, 0) is 29.8 Å². The number of amides is 1. The van der Waals surface area contributed by atoms with Crippen LogP contribution in [-0.4, -0.2) is 21.8 Å². The summed E-state index contributed by atoms with van der Waals surface area (Å²) in [5, 5.41) is 3.22. The quantitative estimate of drug-likeness (QED) is 0.590. The molecule has 116 valence electrons. The second kappa shape index (κ2) is 7.29. The number of thiocarbonyl (C=S) groups is 1. The van der Waals surface area contributed by atoms with E-state index in [2.05, 4.69) is 21.2 Å². The number of benzene rings is 2. The summed E-state index contributed by atoms with van der Waals surface area (Å²) >= 11 is 10.1. The molecule has 23 heavy (non-hydrogen) atoms. The molecule has 0 radical (unpaired) electrons. The van der Waals surface area contributed by atoms with Crippen molar-refractivity contribution in [1.29, 1.82) is 0 Å². The molecule has 2 aromatic rings. The Hall–Kier alpha value is -1.63. The van der Waals surface area contributed by atoms with Crippen molar-refractivity contribution < 1.29 is 4.79 Å². The van der Waals surface area contributed by atoms with E-state index >= 15 is 0 Å². The van der Waals surface area contributed by atoms with E-state index in [4.69, 9.17) is 12.2 Å². The summed E-state index contributed by atoms with van der Waals surface area (Å²) in [6, 6.07) is 17.6. The van der Waals surface area contributed by atoms with Crippen LogP contribution in [0.1, 0.15) is 5.56 Å². The van der Waals surface area contributed by atoms with Gasteiger partial charge in [-0.3, -0.25) is 9.69 Å². The van der Waals surface area contributed by atoms with Crippen molar-refractivity contribution >= 4 is 61.9 Å². The van der Waals surface area contributed by atoms with Crippen LogP contribution in [0.3, 0.4) is 0 Å². The molecule has 3 nitrogen and oxygen atoms in total. The third-order valence-corrected chi connectivity index (χ3v) is 5.11. The van der Waals surface area contributed by atoms with Crippen molar-refractivity contribution in [2.45, 2.75) is 0 Å². The van der Waals surface area contributed by atoms with Crippen molar-refractivity contribution in [3.8, 4) is 0 Å². The van der Waals surface area contributed by atoms with Crippen LogP contribution in [0.15, 0.2) is 64.0 Å². The predicted molar refractivity (Wildman–Crippen MR) is 104 cm³/mol. The second-order valence-electron chi connectivity index (χ2n) is 4.87. The highest BCUT2D eigenvalue weighted by molar-refractivity contribution is 9.10. The van der Waals surface area contributed by atoms with Crippen LogP contribution in [0.2, 0.25) is 0 Å². The summed E-state index contributed by atoms with van der Waals surface area (Å²) in [5.41, 5.74) is 1.92. The first-order valence-corrected chi connectivity index (χ1v) is 8.95. The van der Waals surface area contributed by atoms with Crippen molar-refractivity contribution in [3.63, 3.8) is 0 Å². The lowest BCUT2D eigenvalue weighted by atomic mass is 10.2. The molecule has 0 aromatic heterocycles. The molecule has 1 N–H and O–H groups in total. The Morgan fingerprint density at radius 2 is 1.96 bits per heavy atom. The van der Waals surface area contributed by atoms with E-state index in [1.807, 2.05) is 60.7 Å². The number of rotatable bonds is 4. The first kappa shape index (κ1) is 16.2. The van der Waals surface area contributed by atoms with Gasteiger partial charge < -0.3 is 5.32 Å². The maximum Gasteiger partial charge on any atom is 0.267 e. The highest BCUT2D eigenvalue weighted by atomic mass is 79.9. The van der Waals surface area contributed by atoms with Crippen LogP contribution < -0.4 is 5.32 Å². The molecule has 3 rings (SSSR count). The first-order chi connectivity index (χ1) is 11.1. The number of hydrogen-bond donors (Lipinski definition) is 1. The Morgan fingerprint density at radius 3 is 2.70 bits per heavy atom. The van der Waals surface area contributed by atoms with E-state index in [0.717, 1.165) is 15.7 Å². The molecule has 1 amide bonds. The van der Waals surface area contributed by atoms with Gasteiger partial charge in [-0.15, -0.1) is 0 Å². The van der Waals surface area contributed by atoms with Crippen LogP contribution in [-0.2, 0) is 4.79 Å². The van der Waals surface area contributed by atoms with Crippen molar-refractivity contribution in [2.24, 2.45) is 0 Å². The lowest BCUT2D eigenvalue weighted by Gasteiger charge is -2.16. The molecule has 1 fully saturated rings. The molecule has 0 unspecified atom stereocenters. The van der Waals surface area contributed by atoms with Gasteiger partial charge in [-0.25, -0.2) is 0 Å². The van der Waals surface area contributed by atoms with E-state index in [1.54, 1.807) is 4.90 Å². The fourth-order valence-corrected chi connectivity index (χ4v) is 3.76. The number of anilines is 1. The van der Waals surface area contributed by atoms with Crippen molar-refractivity contribution in [3.05, 3.63) is 69.5 Å². The van der Waals surface area contributed by atoms with E-state index in [9.17, 15) is 4.79 Å². The van der Waals surface area contributed by atoms with Gasteiger partial charge >= 0.3 is 0 Å². The van der Waals surface area contributed by atoms with Crippen molar-refractivity contribution in [2.75, 3.05) is 12.0 Å². The number of nitrogens with zero attached hydrogens (tertiary/aromatic N) is 1. The molecule has 0 bridgehead atoms. The lowest BCUT2D eigenvalue weighted by Crippen LogP contribution is -2.33. The average Bonchev–Trinajstić information content (AvgIpc) is 2.80. The minimum absolute atomic E-state index is 0.0636. The summed E-state index contributed by atoms with van der Waals surface area (Å²) in [6.45, 7) is 0.354. The number of hydrogen-bond acceptors (Lipinski definition) is 4. The minimum atomic E-state index is -0.0636. The van der Waals surface area contributed by atoms with Gasteiger partial charge in [0.1, 0.15) is 4.32 Å². The smallest absolute Gasteiger partial charge is 0.267 e. The van der Waals surface area contributed by atoms with Gasteiger partial charge in [-0.1, -0.05) is 76.3 Å². The maximum atomic E-state index is 12.5. The number of carbonyl (C=O) groups excluding carboxylic acids is 1. The Balaban J connectivity index is 1.70. The van der Waals surface area contributed by atoms with Gasteiger partial charge in [0.15, 0.2) is 0 Å². The molecule has 0 spiro atoms. The fraction of sp³-hybridized carbons (Fsp3) is 0.0588. The predicted octanol–water partition coefficient (Wildman–Crippen LogP) is 4.72. The summed E-state index contributed by atoms with van der Waals surface area (Å²) in [6.07, 6.45) is 1.87. The Morgan fingerprint density at radius 1 is 1.17 bits per heavy atom. The zero-order valence-electron chi connectivity index (χ0n) is 12.0. The Bertz CT molecular complexity index is 777. The average molecular weight is 405 g/mol. The van der Waals surface area contributed by atoms with Gasteiger partial charge in [0.2, 0.25) is 0 Å². The molecule has 1 heterocycles. The van der Waals surface area contributed by atoms with Crippen LogP contribution in [0.4, 0.5) is 5.69 Å². The minimum Gasteiger partial charge on any atom is -0.367 e. The first-order valence-electron chi connectivity index (χ1n) is 6.93. The summed E-state index contributed by atoms with van der Waals surface area (Å²) in [4.78, 5) is 14.7. The van der Waals surface area contributed by atoms with Crippen molar-refractivity contribution in [1.82, 2.24) is 4.90 Å². The van der Waals surface area contributed by atoms with Crippen LogP contribution in [0, 0.1) is 0 Å². The topological polar surface area (TPSA) is 32.3 Å². The third kappa shape index (κ3) is 4.02. The SMILES string of the molecule is O=C1C(=Cc2ccccc2)SC(=S)N1CNc1cccc(Br)c1. The Kier molecular flexibility index (Phi) is 5.15. The number of nitrogens with one attached hydrogen (secondary N) is 1. The summed E-state index contributed by atoms with van der Waals surface area (Å²) in [5.74, 6) is -0.0636. The molecule has 2 aromatic carbocycles. The maximum absolute atomic E-state index is 12.5. The standard InChI is InChI=1S/C17H13BrN2OS2/c18-13-7-4-8-14(10-13)19-11-20-16(21)15(23-17(20)22)9-12-5-2-1-3-6-12/h1-10,19H,11H2. The highest BCUT2D eigenvalue weighted by Crippen LogP contribution is 2.32. The zero-order valence-corrected chi connectivity index (χ0v) is 15.2. The molecule has 1 saturated heterocycles. The largest absolute Gasteiger partial charge is 0.367 e. The van der Waals surface area contributed by atoms with E-state index < -0.39 is 0 Å².